The number of nitro groups is 1. The summed E-state index contributed by atoms with van der Waals surface area (Å²) >= 11 is 5.91. The maximum atomic E-state index is 11.5. The van der Waals surface area contributed by atoms with Gasteiger partial charge in [-0.05, 0) is 12.8 Å². The van der Waals surface area contributed by atoms with E-state index in [2.05, 4.69) is 10.3 Å². The first-order valence-electron chi connectivity index (χ1n) is 6.29. The predicted molar refractivity (Wildman–Crippen MR) is 74.5 cm³/mol. The first kappa shape index (κ1) is 15.5. The molecule has 0 saturated carbocycles. The van der Waals surface area contributed by atoms with E-state index in [0.717, 1.165) is 6.20 Å². The third kappa shape index (κ3) is 3.40. The van der Waals surface area contributed by atoms with Crippen LogP contribution < -0.4 is 5.32 Å². The summed E-state index contributed by atoms with van der Waals surface area (Å²) in [6.07, 6.45) is 1.85. The number of ether oxygens (including phenoxy) is 1. The molecule has 1 aromatic heterocycles. The minimum atomic E-state index is -0.939. The summed E-state index contributed by atoms with van der Waals surface area (Å²) < 4.78 is 5.18. The number of carboxylic acid groups (broad SMARTS) is 1. The van der Waals surface area contributed by atoms with E-state index >= 15 is 0 Å². The summed E-state index contributed by atoms with van der Waals surface area (Å²) in [4.78, 5) is 25.4. The molecule has 2 N–H and O–H groups in total. The van der Waals surface area contributed by atoms with Crippen molar-refractivity contribution in [3.05, 3.63) is 27.4 Å². The van der Waals surface area contributed by atoms with Gasteiger partial charge in [0.1, 0.15) is 12.0 Å². The van der Waals surface area contributed by atoms with E-state index in [0.29, 0.717) is 26.1 Å². The van der Waals surface area contributed by atoms with Crippen LogP contribution in [0.25, 0.3) is 0 Å². The van der Waals surface area contributed by atoms with Crippen molar-refractivity contribution in [2.45, 2.75) is 12.8 Å². The van der Waals surface area contributed by atoms with E-state index in [4.69, 9.17) is 16.3 Å². The number of rotatable bonds is 5. The van der Waals surface area contributed by atoms with E-state index in [1.165, 1.54) is 6.07 Å². The highest BCUT2D eigenvalue weighted by molar-refractivity contribution is 6.33. The second-order valence-corrected chi connectivity index (χ2v) is 5.24. The SMILES string of the molecule is O=C(O)C1(CNc2ncc([N+](=O)[O-])cc2Cl)CCOCC1. The Hall–Kier alpha value is -1.93. The first-order chi connectivity index (χ1) is 9.94. The third-order valence-electron chi connectivity index (χ3n) is 3.54. The molecule has 8 nitrogen and oxygen atoms in total. The highest BCUT2D eigenvalue weighted by Gasteiger charge is 2.40. The second kappa shape index (κ2) is 6.23. The van der Waals surface area contributed by atoms with Gasteiger partial charge in [-0.2, -0.15) is 0 Å². The van der Waals surface area contributed by atoms with Crippen LogP contribution in [-0.2, 0) is 9.53 Å². The van der Waals surface area contributed by atoms with Gasteiger partial charge in [0.05, 0.1) is 15.4 Å². The van der Waals surface area contributed by atoms with Crippen LogP contribution >= 0.6 is 11.6 Å². The number of anilines is 1. The highest BCUT2D eigenvalue weighted by Crippen LogP contribution is 2.32. The van der Waals surface area contributed by atoms with Crippen LogP contribution in [0.4, 0.5) is 11.5 Å². The molecule has 0 aromatic carbocycles. The Balaban J connectivity index is 2.11. The summed E-state index contributed by atoms with van der Waals surface area (Å²) in [6.45, 7) is 0.904. The van der Waals surface area contributed by atoms with Crippen molar-refractivity contribution >= 4 is 29.1 Å². The van der Waals surface area contributed by atoms with Gasteiger partial charge in [-0.25, -0.2) is 4.98 Å². The Kier molecular flexibility index (Phi) is 4.59. The van der Waals surface area contributed by atoms with Crippen molar-refractivity contribution in [2.24, 2.45) is 5.41 Å². The molecule has 0 atom stereocenters. The van der Waals surface area contributed by atoms with Gasteiger partial charge in [0.15, 0.2) is 0 Å². The summed E-state index contributed by atoms with van der Waals surface area (Å²) in [5.41, 5.74) is -1.16. The van der Waals surface area contributed by atoms with Crippen molar-refractivity contribution in [2.75, 3.05) is 25.1 Å². The topological polar surface area (TPSA) is 115 Å². The molecule has 0 spiro atoms. The summed E-state index contributed by atoms with van der Waals surface area (Å²) in [6, 6.07) is 1.17. The molecule has 1 aromatic rings. The highest BCUT2D eigenvalue weighted by atomic mass is 35.5. The van der Waals surface area contributed by atoms with E-state index in [9.17, 15) is 20.0 Å². The van der Waals surface area contributed by atoms with Crippen molar-refractivity contribution < 1.29 is 19.6 Å². The molecular weight excluding hydrogens is 302 g/mol. The van der Waals surface area contributed by atoms with Gasteiger partial charge in [-0.1, -0.05) is 11.6 Å². The predicted octanol–water partition coefficient (Wildman–Crippen LogP) is 1.94. The van der Waals surface area contributed by atoms with Crippen molar-refractivity contribution in [1.29, 1.82) is 0 Å². The number of nitrogens with one attached hydrogen (secondary N) is 1. The molecule has 0 radical (unpaired) electrons. The van der Waals surface area contributed by atoms with E-state index in [1.54, 1.807) is 0 Å². The Morgan fingerprint density at radius 1 is 1.57 bits per heavy atom. The zero-order valence-corrected chi connectivity index (χ0v) is 11.8. The smallest absolute Gasteiger partial charge is 0.311 e. The van der Waals surface area contributed by atoms with E-state index < -0.39 is 16.3 Å². The molecular formula is C12H14ClN3O5. The molecule has 1 fully saturated rings. The van der Waals surface area contributed by atoms with Crippen molar-refractivity contribution in [3.63, 3.8) is 0 Å². The largest absolute Gasteiger partial charge is 0.481 e. The molecule has 2 rings (SSSR count). The van der Waals surface area contributed by atoms with Gasteiger partial charge in [-0.15, -0.1) is 0 Å². The minimum Gasteiger partial charge on any atom is -0.481 e. The Morgan fingerprint density at radius 3 is 2.76 bits per heavy atom. The molecule has 2 heterocycles. The number of carbonyl (C=O) groups is 1. The molecule has 21 heavy (non-hydrogen) atoms. The number of pyridine rings is 1. The summed E-state index contributed by atoms with van der Waals surface area (Å²) in [5, 5.41) is 23.0. The number of aliphatic carboxylic acids is 1. The lowest BCUT2D eigenvalue weighted by atomic mass is 9.80. The monoisotopic (exact) mass is 315 g/mol. The average Bonchev–Trinajstić information content (AvgIpc) is 2.46. The molecule has 0 aliphatic carbocycles. The quantitative estimate of drug-likeness (QED) is 0.630. The summed E-state index contributed by atoms with van der Waals surface area (Å²) in [5.74, 6) is -0.675. The van der Waals surface area contributed by atoms with Gasteiger partial charge < -0.3 is 15.2 Å². The lowest BCUT2D eigenvalue weighted by Gasteiger charge is -2.33. The number of hydrogen-bond acceptors (Lipinski definition) is 6. The molecule has 1 saturated heterocycles. The minimum absolute atomic E-state index is 0.0804. The van der Waals surface area contributed by atoms with Crippen LogP contribution in [0.3, 0.4) is 0 Å². The Labute approximate surface area is 125 Å². The number of aromatic nitrogens is 1. The zero-order chi connectivity index (χ0) is 15.5. The van der Waals surface area contributed by atoms with Crippen LogP contribution in [0.1, 0.15) is 12.8 Å². The number of hydrogen-bond donors (Lipinski definition) is 2. The maximum Gasteiger partial charge on any atom is 0.311 e. The standard InChI is InChI=1S/C12H14ClN3O5/c13-9-5-8(16(19)20)6-14-10(9)15-7-12(11(17)18)1-3-21-4-2-12/h5-6H,1-4,7H2,(H,14,15)(H,17,18). The second-order valence-electron chi connectivity index (χ2n) is 4.83. The normalized spacial score (nSPS) is 17.2. The lowest BCUT2D eigenvalue weighted by Crippen LogP contribution is -2.42. The number of halogens is 1. The molecule has 114 valence electrons. The first-order valence-corrected chi connectivity index (χ1v) is 6.67. The molecule has 0 amide bonds. The van der Waals surface area contributed by atoms with Gasteiger partial charge >= 0.3 is 5.97 Å². The van der Waals surface area contributed by atoms with Gasteiger partial charge in [0, 0.05) is 25.8 Å². The Bertz CT molecular complexity index is 560. The van der Waals surface area contributed by atoms with E-state index in [-0.39, 0.29) is 23.1 Å². The van der Waals surface area contributed by atoms with Crippen LogP contribution in [0, 0.1) is 15.5 Å². The third-order valence-corrected chi connectivity index (χ3v) is 3.82. The Morgan fingerprint density at radius 2 is 2.24 bits per heavy atom. The molecule has 0 unspecified atom stereocenters. The van der Waals surface area contributed by atoms with Crippen LogP contribution in [0.2, 0.25) is 5.02 Å². The van der Waals surface area contributed by atoms with Crippen LogP contribution in [0.15, 0.2) is 12.3 Å². The van der Waals surface area contributed by atoms with E-state index in [1.807, 2.05) is 0 Å². The molecule has 1 aliphatic heterocycles. The van der Waals surface area contributed by atoms with Gasteiger partial charge in [-0.3, -0.25) is 14.9 Å². The average molecular weight is 316 g/mol. The fourth-order valence-corrected chi connectivity index (χ4v) is 2.37. The van der Waals surface area contributed by atoms with Crippen molar-refractivity contribution in [1.82, 2.24) is 4.98 Å². The fourth-order valence-electron chi connectivity index (χ4n) is 2.14. The zero-order valence-electron chi connectivity index (χ0n) is 11.0. The van der Waals surface area contributed by atoms with Gasteiger partial charge in [0.25, 0.3) is 5.69 Å². The summed E-state index contributed by atoms with van der Waals surface area (Å²) in [7, 11) is 0. The van der Waals surface area contributed by atoms with Crippen LogP contribution in [0.5, 0.6) is 0 Å². The number of carboxylic acids is 1. The molecule has 1 aliphatic rings. The van der Waals surface area contributed by atoms with Crippen LogP contribution in [-0.4, -0.2) is 40.7 Å². The fraction of sp³-hybridized carbons (Fsp3) is 0.500. The number of nitrogens with zero attached hydrogens (tertiary/aromatic N) is 2. The molecule has 9 heteroatoms. The maximum absolute atomic E-state index is 11.5. The van der Waals surface area contributed by atoms with Crippen molar-refractivity contribution in [3.8, 4) is 0 Å². The molecule has 0 bridgehead atoms. The van der Waals surface area contributed by atoms with Gasteiger partial charge in [0.2, 0.25) is 0 Å². The lowest BCUT2D eigenvalue weighted by molar-refractivity contribution is -0.385.